The van der Waals surface area contributed by atoms with Gasteiger partial charge in [-0.05, 0) is 55.4 Å². The Kier molecular flexibility index (Phi) is 3.00. The van der Waals surface area contributed by atoms with E-state index in [1.807, 2.05) is 12.1 Å². The Morgan fingerprint density at radius 2 is 2.15 bits per heavy atom. The van der Waals surface area contributed by atoms with Crippen LogP contribution in [0.2, 0.25) is 0 Å². The molecule has 20 heavy (non-hydrogen) atoms. The molecule has 3 nitrogen and oxygen atoms in total. The Morgan fingerprint density at radius 3 is 2.95 bits per heavy atom. The number of rotatable bonds is 2. The van der Waals surface area contributed by atoms with Gasteiger partial charge in [0.25, 0.3) is 0 Å². The smallest absolute Gasteiger partial charge is 0.120 e. The van der Waals surface area contributed by atoms with Crippen LogP contribution in [0, 0.1) is 0 Å². The minimum atomic E-state index is -0.277. The van der Waals surface area contributed by atoms with E-state index >= 15 is 0 Å². The Labute approximate surface area is 119 Å². The third kappa shape index (κ3) is 2.13. The van der Waals surface area contributed by atoms with Crippen LogP contribution in [0.4, 0.5) is 0 Å². The molecule has 1 aliphatic heterocycles. The average molecular weight is 274 g/mol. The molecular formula is C17H22O3. The van der Waals surface area contributed by atoms with Gasteiger partial charge in [0, 0.05) is 12.8 Å². The maximum absolute atomic E-state index is 9.84. The van der Waals surface area contributed by atoms with Crippen LogP contribution < -0.4 is 4.74 Å². The molecule has 0 aromatic heterocycles. The zero-order chi connectivity index (χ0) is 13.6. The summed E-state index contributed by atoms with van der Waals surface area (Å²) in [5, 5.41) is 9.84. The van der Waals surface area contributed by atoms with Gasteiger partial charge in [-0.15, -0.1) is 0 Å². The van der Waals surface area contributed by atoms with Crippen molar-refractivity contribution in [3.63, 3.8) is 0 Å². The van der Waals surface area contributed by atoms with Gasteiger partial charge in [-0.3, -0.25) is 0 Å². The summed E-state index contributed by atoms with van der Waals surface area (Å²) in [5.41, 5.74) is 2.47. The number of hydrogen-bond donors (Lipinski definition) is 1. The summed E-state index contributed by atoms with van der Waals surface area (Å²) in [5.74, 6) is 0.958. The SMILES string of the molecule is O[C@@H]1CCc2cc(OC3CCOC4(CCC4)C3)ccc21. The zero-order valence-electron chi connectivity index (χ0n) is 11.8. The molecule has 1 aromatic rings. The van der Waals surface area contributed by atoms with E-state index in [0.717, 1.165) is 43.6 Å². The average Bonchev–Trinajstić information content (AvgIpc) is 2.79. The van der Waals surface area contributed by atoms with Gasteiger partial charge in [0.1, 0.15) is 11.9 Å². The van der Waals surface area contributed by atoms with Crippen molar-refractivity contribution in [2.45, 2.75) is 62.8 Å². The van der Waals surface area contributed by atoms with E-state index in [1.165, 1.54) is 24.8 Å². The second-order valence-corrected chi connectivity index (χ2v) is 6.53. The van der Waals surface area contributed by atoms with Crippen LogP contribution in [0.25, 0.3) is 0 Å². The topological polar surface area (TPSA) is 38.7 Å². The van der Waals surface area contributed by atoms with Crippen LogP contribution in [0.15, 0.2) is 18.2 Å². The fourth-order valence-electron chi connectivity index (χ4n) is 3.84. The summed E-state index contributed by atoms with van der Waals surface area (Å²) in [6.07, 6.45) is 7.53. The predicted octanol–water partition coefficient (Wildman–Crippen LogP) is 3.15. The van der Waals surface area contributed by atoms with E-state index in [-0.39, 0.29) is 17.8 Å². The molecule has 3 heteroatoms. The Bertz CT molecular complexity index is 507. The van der Waals surface area contributed by atoms with Crippen LogP contribution in [0.3, 0.4) is 0 Å². The summed E-state index contributed by atoms with van der Waals surface area (Å²) in [7, 11) is 0. The number of fused-ring (bicyclic) bond motifs is 1. The lowest BCUT2D eigenvalue weighted by molar-refractivity contribution is -0.153. The molecule has 1 unspecified atom stereocenters. The molecule has 0 radical (unpaired) electrons. The molecule has 2 aliphatic carbocycles. The van der Waals surface area contributed by atoms with Crippen molar-refractivity contribution in [3.05, 3.63) is 29.3 Å². The van der Waals surface area contributed by atoms with E-state index in [4.69, 9.17) is 9.47 Å². The molecule has 1 saturated heterocycles. The maximum atomic E-state index is 9.84. The molecule has 4 rings (SSSR count). The van der Waals surface area contributed by atoms with Gasteiger partial charge in [-0.2, -0.15) is 0 Å². The van der Waals surface area contributed by atoms with Crippen LogP contribution in [-0.4, -0.2) is 23.4 Å². The van der Waals surface area contributed by atoms with Crippen molar-refractivity contribution in [1.82, 2.24) is 0 Å². The van der Waals surface area contributed by atoms with E-state index in [0.29, 0.717) is 0 Å². The van der Waals surface area contributed by atoms with E-state index < -0.39 is 0 Å². The van der Waals surface area contributed by atoms with Gasteiger partial charge in [-0.25, -0.2) is 0 Å². The highest BCUT2D eigenvalue weighted by molar-refractivity contribution is 5.40. The summed E-state index contributed by atoms with van der Waals surface area (Å²) in [6, 6.07) is 6.16. The van der Waals surface area contributed by atoms with Crippen LogP contribution in [0.1, 0.15) is 55.8 Å². The van der Waals surface area contributed by atoms with E-state index in [2.05, 4.69) is 6.07 Å². The molecule has 3 aliphatic rings. The first-order valence-corrected chi connectivity index (χ1v) is 7.86. The zero-order valence-corrected chi connectivity index (χ0v) is 11.8. The van der Waals surface area contributed by atoms with Gasteiger partial charge in [0.15, 0.2) is 0 Å². The van der Waals surface area contributed by atoms with Gasteiger partial charge >= 0.3 is 0 Å². The van der Waals surface area contributed by atoms with Crippen molar-refractivity contribution in [1.29, 1.82) is 0 Å². The first kappa shape index (κ1) is 12.7. The van der Waals surface area contributed by atoms with Crippen molar-refractivity contribution >= 4 is 0 Å². The summed E-state index contributed by atoms with van der Waals surface area (Å²) >= 11 is 0. The molecule has 2 fully saturated rings. The number of aliphatic hydroxyl groups excluding tert-OH is 1. The van der Waals surface area contributed by atoms with Crippen LogP contribution >= 0.6 is 0 Å². The fraction of sp³-hybridized carbons (Fsp3) is 0.647. The maximum Gasteiger partial charge on any atom is 0.120 e. The lowest BCUT2D eigenvalue weighted by Crippen LogP contribution is -2.48. The number of aryl methyl sites for hydroxylation is 1. The second-order valence-electron chi connectivity index (χ2n) is 6.53. The van der Waals surface area contributed by atoms with Crippen LogP contribution in [0.5, 0.6) is 5.75 Å². The van der Waals surface area contributed by atoms with Gasteiger partial charge in [-0.1, -0.05) is 6.07 Å². The third-order valence-corrected chi connectivity index (χ3v) is 5.18. The molecular weight excluding hydrogens is 252 g/mol. The highest BCUT2D eigenvalue weighted by Gasteiger charge is 2.43. The summed E-state index contributed by atoms with van der Waals surface area (Å²) in [4.78, 5) is 0. The summed E-state index contributed by atoms with van der Waals surface area (Å²) in [6.45, 7) is 0.828. The lowest BCUT2D eigenvalue weighted by atomic mass is 9.74. The Morgan fingerprint density at radius 1 is 1.25 bits per heavy atom. The summed E-state index contributed by atoms with van der Waals surface area (Å²) < 4.78 is 12.1. The monoisotopic (exact) mass is 274 g/mol. The normalized spacial score (nSPS) is 30.9. The number of hydrogen-bond acceptors (Lipinski definition) is 3. The molecule has 0 bridgehead atoms. The minimum Gasteiger partial charge on any atom is -0.490 e. The van der Waals surface area contributed by atoms with Crippen molar-refractivity contribution < 1.29 is 14.6 Å². The molecule has 1 aromatic carbocycles. The predicted molar refractivity (Wildman–Crippen MR) is 75.9 cm³/mol. The van der Waals surface area contributed by atoms with Crippen molar-refractivity contribution in [2.24, 2.45) is 0 Å². The second kappa shape index (κ2) is 4.74. The Balaban J connectivity index is 1.46. The minimum absolute atomic E-state index is 0.135. The number of aliphatic hydroxyl groups is 1. The molecule has 0 amide bonds. The molecule has 1 N–H and O–H groups in total. The molecule has 108 valence electrons. The quantitative estimate of drug-likeness (QED) is 0.900. The van der Waals surface area contributed by atoms with E-state index in [1.54, 1.807) is 0 Å². The molecule has 1 saturated carbocycles. The first-order valence-electron chi connectivity index (χ1n) is 7.86. The fourth-order valence-corrected chi connectivity index (χ4v) is 3.84. The van der Waals surface area contributed by atoms with E-state index in [9.17, 15) is 5.11 Å². The third-order valence-electron chi connectivity index (χ3n) is 5.18. The molecule has 1 spiro atoms. The first-order chi connectivity index (χ1) is 9.74. The highest BCUT2D eigenvalue weighted by atomic mass is 16.5. The number of ether oxygens (including phenoxy) is 2. The van der Waals surface area contributed by atoms with Crippen molar-refractivity contribution in [3.8, 4) is 5.75 Å². The van der Waals surface area contributed by atoms with Gasteiger partial charge < -0.3 is 14.6 Å². The molecule has 2 atom stereocenters. The molecule has 1 heterocycles. The van der Waals surface area contributed by atoms with Gasteiger partial charge in [0.2, 0.25) is 0 Å². The Hall–Kier alpha value is -1.06. The highest BCUT2D eigenvalue weighted by Crippen LogP contribution is 2.43. The van der Waals surface area contributed by atoms with Crippen LogP contribution in [-0.2, 0) is 11.2 Å². The standard InChI is InChI=1S/C17H22O3/c18-16-5-2-12-10-13(3-4-15(12)16)20-14-6-9-19-17(11-14)7-1-8-17/h3-4,10,14,16,18H,1-2,5-9,11H2/t14?,16-/m1/s1. The largest absolute Gasteiger partial charge is 0.490 e. The van der Waals surface area contributed by atoms with Crippen molar-refractivity contribution in [2.75, 3.05) is 6.61 Å². The van der Waals surface area contributed by atoms with Gasteiger partial charge in [0.05, 0.1) is 18.3 Å². The number of benzene rings is 1. The lowest BCUT2D eigenvalue weighted by Gasteiger charge is -2.46.